The summed E-state index contributed by atoms with van der Waals surface area (Å²) in [7, 11) is 1.63. The lowest BCUT2D eigenvalue weighted by Gasteiger charge is -2.24. The Morgan fingerprint density at radius 1 is 1.27 bits per heavy atom. The van der Waals surface area contributed by atoms with Crippen LogP contribution in [0.25, 0.3) is 0 Å². The van der Waals surface area contributed by atoms with Gasteiger partial charge in [-0.25, -0.2) is 0 Å². The van der Waals surface area contributed by atoms with Crippen molar-refractivity contribution < 1.29 is 15.0 Å². The first-order valence-electron chi connectivity index (χ1n) is 8.41. The fraction of sp³-hybridized carbons (Fsp3) is 0.389. The zero-order valence-electron chi connectivity index (χ0n) is 14.4. The van der Waals surface area contributed by atoms with Crippen LogP contribution < -0.4 is 5.32 Å². The Balaban J connectivity index is 1.79. The van der Waals surface area contributed by atoms with Gasteiger partial charge in [0.05, 0.1) is 10.0 Å². The van der Waals surface area contributed by atoms with Gasteiger partial charge in [-0.15, -0.1) is 0 Å². The summed E-state index contributed by atoms with van der Waals surface area (Å²) >= 11 is 11.9. The fourth-order valence-electron chi connectivity index (χ4n) is 3.21. The van der Waals surface area contributed by atoms with Crippen LogP contribution in [0.4, 0.5) is 0 Å². The first-order chi connectivity index (χ1) is 12.4. The van der Waals surface area contributed by atoms with Crippen molar-refractivity contribution in [2.24, 2.45) is 0 Å². The molecule has 3 N–H and O–H groups in total. The zero-order valence-corrected chi connectivity index (χ0v) is 15.9. The number of nitrogens with one attached hydrogen (secondary N) is 1. The van der Waals surface area contributed by atoms with Gasteiger partial charge in [0.1, 0.15) is 5.56 Å². The van der Waals surface area contributed by atoms with Crippen molar-refractivity contribution in [3.8, 4) is 11.6 Å². The Morgan fingerprint density at radius 2 is 1.96 bits per heavy atom. The number of aromatic nitrogens is 1. The number of carbonyl (C=O) groups excluding carboxylic acids is 1. The van der Waals surface area contributed by atoms with Crippen molar-refractivity contribution in [3.63, 3.8) is 0 Å². The van der Waals surface area contributed by atoms with Crippen LogP contribution in [-0.2, 0) is 6.54 Å². The summed E-state index contributed by atoms with van der Waals surface area (Å²) in [6.07, 6.45) is 3.19. The number of amides is 1. The third-order valence-corrected chi connectivity index (χ3v) is 5.40. The van der Waals surface area contributed by atoms with E-state index in [0.717, 1.165) is 31.5 Å². The SMILES string of the molecule is CN(Cc1ccc(Cl)c(Cl)c1)C(=O)c1cn(C2CCNCC2)c(O)c1O. The van der Waals surface area contributed by atoms with Gasteiger partial charge in [0.25, 0.3) is 5.91 Å². The van der Waals surface area contributed by atoms with Crippen LogP contribution >= 0.6 is 23.2 Å². The van der Waals surface area contributed by atoms with Gasteiger partial charge in [0.2, 0.25) is 5.88 Å². The summed E-state index contributed by atoms with van der Waals surface area (Å²) in [5.74, 6) is -1.02. The van der Waals surface area contributed by atoms with E-state index in [2.05, 4.69) is 5.32 Å². The van der Waals surface area contributed by atoms with E-state index in [-0.39, 0.29) is 29.1 Å². The second-order valence-corrected chi connectivity index (χ2v) is 7.33. The summed E-state index contributed by atoms with van der Waals surface area (Å²) in [5.41, 5.74) is 0.903. The van der Waals surface area contributed by atoms with Crippen LogP contribution in [0, 0.1) is 0 Å². The first kappa shape index (κ1) is 18.9. The number of carbonyl (C=O) groups is 1. The van der Waals surface area contributed by atoms with Crippen molar-refractivity contribution in [2.75, 3.05) is 20.1 Å². The van der Waals surface area contributed by atoms with Crippen LogP contribution in [0.3, 0.4) is 0 Å². The lowest BCUT2D eigenvalue weighted by atomic mass is 10.1. The highest BCUT2D eigenvalue weighted by Gasteiger charge is 2.27. The molecule has 2 heterocycles. The molecule has 140 valence electrons. The molecule has 1 saturated heterocycles. The molecule has 0 saturated carbocycles. The third kappa shape index (κ3) is 3.77. The molecule has 3 rings (SSSR count). The molecule has 0 unspecified atom stereocenters. The Morgan fingerprint density at radius 3 is 2.62 bits per heavy atom. The van der Waals surface area contributed by atoms with Gasteiger partial charge in [-0.2, -0.15) is 0 Å². The number of hydrogen-bond acceptors (Lipinski definition) is 4. The van der Waals surface area contributed by atoms with E-state index >= 15 is 0 Å². The standard InChI is InChI=1S/C18H21Cl2N3O3/c1-22(9-11-2-3-14(19)15(20)8-11)17(25)13-10-23(18(26)16(13)24)12-4-6-21-7-5-12/h2-3,8,10,12,21,24,26H,4-7,9H2,1H3. The van der Waals surface area contributed by atoms with Gasteiger partial charge in [0, 0.05) is 25.8 Å². The van der Waals surface area contributed by atoms with E-state index in [0.29, 0.717) is 16.6 Å². The van der Waals surface area contributed by atoms with Gasteiger partial charge >= 0.3 is 0 Å². The van der Waals surface area contributed by atoms with Crippen molar-refractivity contribution in [1.82, 2.24) is 14.8 Å². The third-order valence-electron chi connectivity index (χ3n) is 4.66. The van der Waals surface area contributed by atoms with Crippen molar-refractivity contribution in [2.45, 2.75) is 25.4 Å². The molecular formula is C18H21Cl2N3O3. The summed E-state index contributed by atoms with van der Waals surface area (Å²) in [4.78, 5) is 14.2. The average molecular weight is 398 g/mol. The molecule has 8 heteroatoms. The Bertz CT molecular complexity index is 816. The van der Waals surface area contributed by atoms with Gasteiger partial charge in [-0.05, 0) is 43.6 Å². The molecule has 0 bridgehead atoms. The summed E-state index contributed by atoms with van der Waals surface area (Å²) in [6, 6.07) is 5.22. The second kappa shape index (κ2) is 7.78. The number of halogens is 2. The number of benzene rings is 1. The van der Waals surface area contributed by atoms with Gasteiger partial charge in [0.15, 0.2) is 5.75 Å². The Labute approximate surface area is 161 Å². The molecule has 1 amide bonds. The average Bonchev–Trinajstić information content (AvgIpc) is 2.93. The molecule has 1 aliphatic heterocycles. The molecule has 1 aromatic carbocycles. The summed E-state index contributed by atoms with van der Waals surface area (Å²) < 4.78 is 1.59. The molecule has 26 heavy (non-hydrogen) atoms. The zero-order chi connectivity index (χ0) is 18.8. The Hall–Kier alpha value is -1.89. The van der Waals surface area contributed by atoms with Crippen LogP contribution in [0.5, 0.6) is 11.6 Å². The van der Waals surface area contributed by atoms with E-state index in [4.69, 9.17) is 23.2 Å². The molecule has 1 aliphatic rings. The van der Waals surface area contributed by atoms with E-state index in [9.17, 15) is 15.0 Å². The lowest BCUT2D eigenvalue weighted by molar-refractivity contribution is 0.0782. The molecule has 1 fully saturated rings. The van der Waals surface area contributed by atoms with Gasteiger partial charge in [-0.3, -0.25) is 4.79 Å². The highest BCUT2D eigenvalue weighted by atomic mass is 35.5. The highest BCUT2D eigenvalue weighted by Crippen LogP contribution is 2.37. The Kier molecular flexibility index (Phi) is 5.65. The predicted molar refractivity (Wildman–Crippen MR) is 101 cm³/mol. The van der Waals surface area contributed by atoms with E-state index in [1.165, 1.54) is 11.1 Å². The minimum absolute atomic E-state index is 0.0593. The molecule has 1 aromatic heterocycles. The smallest absolute Gasteiger partial charge is 0.259 e. The van der Waals surface area contributed by atoms with Crippen LogP contribution in [0.1, 0.15) is 34.8 Å². The number of piperidine rings is 1. The predicted octanol–water partition coefficient (Wildman–Crippen LogP) is 3.40. The highest BCUT2D eigenvalue weighted by molar-refractivity contribution is 6.42. The monoisotopic (exact) mass is 397 g/mol. The molecular weight excluding hydrogens is 377 g/mol. The van der Waals surface area contributed by atoms with Gasteiger partial charge < -0.3 is 25.0 Å². The number of rotatable bonds is 4. The van der Waals surface area contributed by atoms with Crippen molar-refractivity contribution >= 4 is 29.1 Å². The summed E-state index contributed by atoms with van der Waals surface area (Å²) in [5, 5.41) is 24.6. The maximum atomic E-state index is 12.7. The minimum Gasteiger partial charge on any atom is -0.503 e. The molecule has 0 atom stereocenters. The van der Waals surface area contributed by atoms with Crippen LogP contribution in [-0.4, -0.2) is 45.7 Å². The largest absolute Gasteiger partial charge is 0.503 e. The van der Waals surface area contributed by atoms with Crippen LogP contribution in [0.15, 0.2) is 24.4 Å². The molecule has 0 aliphatic carbocycles. The molecule has 2 aromatic rings. The van der Waals surface area contributed by atoms with Crippen molar-refractivity contribution in [1.29, 1.82) is 0 Å². The number of aromatic hydroxyl groups is 2. The quantitative estimate of drug-likeness (QED) is 0.738. The number of nitrogens with zero attached hydrogens (tertiary/aromatic N) is 2. The van der Waals surface area contributed by atoms with Crippen LogP contribution in [0.2, 0.25) is 10.0 Å². The van der Waals surface area contributed by atoms with E-state index in [1.807, 2.05) is 0 Å². The van der Waals surface area contributed by atoms with Gasteiger partial charge in [-0.1, -0.05) is 29.3 Å². The number of hydrogen-bond donors (Lipinski definition) is 3. The normalized spacial score (nSPS) is 15.2. The first-order valence-corrected chi connectivity index (χ1v) is 9.17. The topological polar surface area (TPSA) is 77.7 Å². The maximum absolute atomic E-state index is 12.7. The second-order valence-electron chi connectivity index (χ2n) is 6.51. The van der Waals surface area contributed by atoms with E-state index in [1.54, 1.807) is 29.8 Å². The minimum atomic E-state index is -0.380. The summed E-state index contributed by atoms with van der Waals surface area (Å²) in [6.45, 7) is 1.97. The van der Waals surface area contributed by atoms with Crippen molar-refractivity contribution in [3.05, 3.63) is 45.6 Å². The maximum Gasteiger partial charge on any atom is 0.259 e. The lowest BCUT2D eigenvalue weighted by Crippen LogP contribution is -2.29. The molecule has 6 nitrogen and oxygen atoms in total. The molecule has 0 spiro atoms. The fourth-order valence-corrected chi connectivity index (χ4v) is 3.53. The van der Waals surface area contributed by atoms with E-state index < -0.39 is 0 Å². The molecule has 0 radical (unpaired) electrons.